The lowest BCUT2D eigenvalue weighted by atomic mass is 9.94. The standard InChI is InChI=1S/C31H37N3O5/c35-29(28(19-24-12-5-2-6-13-24)34-31(37)39-27-15-7-8-16-27)20-26(18-23-10-3-1-4-11-23)33-30(36)38-22-25-14-9-17-32-21-25/h1-6,9-14,17,21,26-29,35H,7-8,15-16,18-20,22H2,(H,33,36)(H,34,37)/t26-,28-,29-/m0/s1. The molecular weight excluding hydrogens is 494 g/mol. The van der Waals surface area contributed by atoms with Crippen LogP contribution in [-0.4, -0.2) is 46.6 Å². The molecule has 206 valence electrons. The highest BCUT2D eigenvalue weighted by Gasteiger charge is 2.28. The van der Waals surface area contributed by atoms with Gasteiger partial charge < -0.3 is 25.2 Å². The molecule has 1 fully saturated rings. The Kier molecular flexibility index (Phi) is 10.7. The van der Waals surface area contributed by atoms with Crippen molar-refractivity contribution in [3.63, 3.8) is 0 Å². The molecule has 1 saturated carbocycles. The number of amides is 2. The predicted molar refractivity (Wildman–Crippen MR) is 148 cm³/mol. The minimum Gasteiger partial charge on any atom is -0.446 e. The van der Waals surface area contributed by atoms with Crippen LogP contribution in [0.5, 0.6) is 0 Å². The van der Waals surface area contributed by atoms with Gasteiger partial charge >= 0.3 is 12.2 Å². The Balaban J connectivity index is 1.43. The number of alkyl carbamates (subject to hydrolysis) is 2. The number of benzene rings is 2. The molecule has 2 amide bonds. The van der Waals surface area contributed by atoms with Gasteiger partial charge in [0.2, 0.25) is 0 Å². The predicted octanol–water partition coefficient (Wildman–Crippen LogP) is 4.95. The zero-order chi connectivity index (χ0) is 27.3. The summed E-state index contributed by atoms with van der Waals surface area (Å²) in [6.07, 6.45) is 6.12. The van der Waals surface area contributed by atoms with Crippen LogP contribution in [0.4, 0.5) is 9.59 Å². The fourth-order valence-electron chi connectivity index (χ4n) is 4.88. The molecule has 0 aliphatic heterocycles. The summed E-state index contributed by atoms with van der Waals surface area (Å²) in [6, 6.07) is 22.0. The summed E-state index contributed by atoms with van der Waals surface area (Å²) in [5.74, 6) is 0. The number of rotatable bonds is 12. The van der Waals surface area contributed by atoms with Crippen LogP contribution in [0, 0.1) is 0 Å². The van der Waals surface area contributed by atoms with Gasteiger partial charge in [-0.15, -0.1) is 0 Å². The number of aromatic nitrogens is 1. The molecule has 0 saturated heterocycles. The summed E-state index contributed by atoms with van der Waals surface area (Å²) in [7, 11) is 0. The molecule has 3 atom stereocenters. The highest BCUT2D eigenvalue weighted by Crippen LogP contribution is 2.21. The quantitative estimate of drug-likeness (QED) is 0.305. The smallest absolute Gasteiger partial charge is 0.407 e. The SMILES string of the molecule is O=C(N[C@@H](Cc1ccccc1)C[C@H](O)[C@H](Cc1ccccc1)NC(=O)OC1CCCC1)OCc1cccnc1. The van der Waals surface area contributed by atoms with Crippen molar-refractivity contribution < 1.29 is 24.2 Å². The fourth-order valence-corrected chi connectivity index (χ4v) is 4.88. The second-order valence-corrected chi connectivity index (χ2v) is 10.0. The van der Waals surface area contributed by atoms with E-state index in [0.717, 1.165) is 42.4 Å². The number of hydrogen-bond acceptors (Lipinski definition) is 6. The molecule has 8 nitrogen and oxygen atoms in total. The van der Waals surface area contributed by atoms with E-state index in [1.165, 1.54) is 0 Å². The zero-order valence-corrected chi connectivity index (χ0v) is 22.1. The summed E-state index contributed by atoms with van der Waals surface area (Å²) in [5.41, 5.74) is 2.77. The minimum absolute atomic E-state index is 0.0819. The van der Waals surface area contributed by atoms with Gasteiger partial charge in [-0.25, -0.2) is 9.59 Å². The van der Waals surface area contributed by atoms with E-state index < -0.39 is 30.4 Å². The summed E-state index contributed by atoms with van der Waals surface area (Å²) < 4.78 is 11.0. The number of carbonyl (C=O) groups is 2. The Bertz CT molecular complexity index is 1140. The van der Waals surface area contributed by atoms with Crippen molar-refractivity contribution in [1.82, 2.24) is 15.6 Å². The molecule has 1 aliphatic carbocycles. The number of ether oxygens (including phenoxy) is 2. The second-order valence-electron chi connectivity index (χ2n) is 10.0. The minimum atomic E-state index is -0.950. The van der Waals surface area contributed by atoms with E-state index in [4.69, 9.17) is 9.47 Å². The number of aliphatic hydroxyl groups excluding tert-OH is 1. The van der Waals surface area contributed by atoms with Crippen molar-refractivity contribution in [3.8, 4) is 0 Å². The molecule has 8 heteroatoms. The first-order chi connectivity index (χ1) is 19.0. The normalized spacial score (nSPS) is 15.6. The molecule has 0 unspecified atom stereocenters. The third kappa shape index (κ3) is 9.72. The third-order valence-electron chi connectivity index (χ3n) is 6.91. The summed E-state index contributed by atoms with van der Waals surface area (Å²) in [6.45, 7) is 0.0888. The lowest BCUT2D eigenvalue weighted by Crippen LogP contribution is -2.49. The molecule has 0 spiro atoms. The van der Waals surface area contributed by atoms with Gasteiger partial charge in [0.1, 0.15) is 12.7 Å². The fraction of sp³-hybridized carbons (Fsp3) is 0.387. The Hall–Kier alpha value is -3.91. The van der Waals surface area contributed by atoms with Crippen molar-refractivity contribution >= 4 is 12.2 Å². The maximum atomic E-state index is 12.7. The Labute approximate surface area is 229 Å². The Morgan fingerprint density at radius 2 is 1.49 bits per heavy atom. The highest BCUT2D eigenvalue weighted by molar-refractivity contribution is 5.68. The molecule has 1 aliphatic rings. The molecule has 0 bridgehead atoms. The van der Waals surface area contributed by atoms with E-state index in [0.29, 0.717) is 12.8 Å². The van der Waals surface area contributed by atoms with Crippen molar-refractivity contribution in [1.29, 1.82) is 0 Å². The van der Waals surface area contributed by atoms with E-state index in [1.807, 2.05) is 66.7 Å². The summed E-state index contributed by atoms with van der Waals surface area (Å²) in [4.78, 5) is 29.5. The maximum absolute atomic E-state index is 12.7. The van der Waals surface area contributed by atoms with Crippen LogP contribution in [0.3, 0.4) is 0 Å². The number of aliphatic hydroxyl groups is 1. The monoisotopic (exact) mass is 531 g/mol. The first-order valence-electron chi connectivity index (χ1n) is 13.6. The molecule has 0 radical (unpaired) electrons. The number of hydrogen-bond donors (Lipinski definition) is 3. The molecule has 1 heterocycles. The summed E-state index contributed by atoms with van der Waals surface area (Å²) >= 11 is 0. The molecule has 3 N–H and O–H groups in total. The first kappa shape index (κ1) is 28.1. The maximum Gasteiger partial charge on any atom is 0.407 e. The molecule has 4 rings (SSSR count). The number of nitrogens with zero attached hydrogens (tertiary/aromatic N) is 1. The van der Waals surface area contributed by atoms with Gasteiger partial charge in [-0.3, -0.25) is 4.98 Å². The van der Waals surface area contributed by atoms with Gasteiger partial charge in [0.05, 0.1) is 12.1 Å². The largest absolute Gasteiger partial charge is 0.446 e. The van der Waals surface area contributed by atoms with Gasteiger partial charge in [-0.2, -0.15) is 0 Å². The van der Waals surface area contributed by atoms with E-state index in [-0.39, 0.29) is 19.1 Å². The van der Waals surface area contributed by atoms with Crippen molar-refractivity contribution in [2.45, 2.75) is 75.8 Å². The average Bonchev–Trinajstić information content (AvgIpc) is 3.46. The van der Waals surface area contributed by atoms with Crippen molar-refractivity contribution in [3.05, 3.63) is 102 Å². The molecule has 1 aromatic heterocycles. The highest BCUT2D eigenvalue weighted by atomic mass is 16.6. The van der Waals surface area contributed by atoms with Crippen LogP contribution in [0.2, 0.25) is 0 Å². The Morgan fingerprint density at radius 3 is 2.13 bits per heavy atom. The number of carbonyl (C=O) groups excluding carboxylic acids is 2. The van der Waals surface area contributed by atoms with E-state index in [2.05, 4.69) is 15.6 Å². The summed E-state index contributed by atoms with van der Waals surface area (Å²) in [5, 5.41) is 17.2. The van der Waals surface area contributed by atoms with Crippen LogP contribution >= 0.6 is 0 Å². The molecule has 2 aromatic carbocycles. The molecule has 3 aromatic rings. The first-order valence-corrected chi connectivity index (χ1v) is 13.6. The van der Waals surface area contributed by atoms with Gasteiger partial charge in [0, 0.05) is 24.0 Å². The van der Waals surface area contributed by atoms with Crippen LogP contribution in [-0.2, 0) is 28.9 Å². The molecular formula is C31H37N3O5. The lowest BCUT2D eigenvalue weighted by Gasteiger charge is -2.28. The third-order valence-corrected chi connectivity index (χ3v) is 6.91. The average molecular weight is 532 g/mol. The van der Waals surface area contributed by atoms with Gasteiger partial charge in [0.15, 0.2) is 0 Å². The van der Waals surface area contributed by atoms with Crippen LogP contribution in [0.1, 0.15) is 48.8 Å². The zero-order valence-electron chi connectivity index (χ0n) is 22.1. The Morgan fingerprint density at radius 1 is 0.846 bits per heavy atom. The van der Waals surface area contributed by atoms with E-state index >= 15 is 0 Å². The second kappa shape index (κ2) is 14.9. The van der Waals surface area contributed by atoms with Gasteiger partial charge in [-0.1, -0.05) is 66.7 Å². The van der Waals surface area contributed by atoms with Gasteiger partial charge in [-0.05, 0) is 62.1 Å². The van der Waals surface area contributed by atoms with Crippen molar-refractivity contribution in [2.24, 2.45) is 0 Å². The van der Waals surface area contributed by atoms with Crippen LogP contribution < -0.4 is 10.6 Å². The van der Waals surface area contributed by atoms with E-state index in [1.54, 1.807) is 18.5 Å². The lowest BCUT2D eigenvalue weighted by molar-refractivity contribution is 0.0721. The topological polar surface area (TPSA) is 110 Å². The number of pyridine rings is 1. The van der Waals surface area contributed by atoms with Crippen LogP contribution in [0.25, 0.3) is 0 Å². The van der Waals surface area contributed by atoms with Crippen molar-refractivity contribution in [2.75, 3.05) is 0 Å². The number of nitrogens with one attached hydrogen (secondary N) is 2. The van der Waals surface area contributed by atoms with Crippen LogP contribution in [0.15, 0.2) is 85.2 Å². The molecule has 39 heavy (non-hydrogen) atoms. The van der Waals surface area contributed by atoms with E-state index in [9.17, 15) is 14.7 Å². The van der Waals surface area contributed by atoms with Gasteiger partial charge in [0.25, 0.3) is 0 Å².